The van der Waals surface area contributed by atoms with Crippen molar-refractivity contribution in [1.29, 1.82) is 0 Å². The van der Waals surface area contributed by atoms with Crippen LogP contribution in [0.2, 0.25) is 0 Å². The lowest BCUT2D eigenvalue weighted by Crippen LogP contribution is -2.56. The Labute approximate surface area is 301 Å². The van der Waals surface area contributed by atoms with Gasteiger partial charge in [-0.05, 0) is 52.2 Å². The van der Waals surface area contributed by atoms with Gasteiger partial charge in [0.2, 0.25) is 11.8 Å². The molecule has 0 spiro atoms. The lowest BCUT2D eigenvalue weighted by Gasteiger charge is -2.30. The van der Waals surface area contributed by atoms with Gasteiger partial charge in [-0.3, -0.25) is 14.4 Å². The van der Waals surface area contributed by atoms with Crippen LogP contribution in [-0.2, 0) is 23.9 Å². The van der Waals surface area contributed by atoms with Crippen LogP contribution in [0.1, 0.15) is 59.3 Å². The number of benzene rings is 2. The molecule has 1 saturated heterocycles. The number of nitrogens with zero attached hydrogens (tertiary/aromatic N) is 2. The third-order valence-corrected chi connectivity index (χ3v) is 9.59. The smallest absolute Gasteiger partial charge is 0.408 e. The number of amides is 3. The fourth-order valence-corrected chi connectivity index (χ4v) is 6.82. The summed E-state index contributed by atoms with van der Waals surface area (Å²) in [5.74, 6) is -1.95. The van der Waals surface area contributed by atoms with E-state index in [2.05, 4.69) is 10.6 Å². The molecule has 0 bridgehead atoms. The largest absolute Gasteiger partial charge is 0.497 e. The molecule has 2 fully saturated rings. The summed E-state index contributed by atoms with van der Waals surface area (Å²) < 4.78 is 17.5. The lowest BCUT2D eigenvalue weighted by atomic mass is 10.0. The number of pyridine rings is 1. The van der Waals surface area contributed by atoms with Gasteiger partial charge < -0.3 is 34.9 Å². The number of aromatic nitrogens is 1. The molecule has 1 aliphatic carbocycles. The van der Waals surface area contributed by atoms with E-state index in [4.69, 9.17) is 19.2 Å². The summed E-state index contributed by atoms with van der Waals surface area (Å²) in [6.07, 6.45) is 2.69. The summed E-state index contributed by atoms with van der Waals surface area (Å²) in [6, 6.07) is 14.4. The predicted molar refractivity (Wildman–Crippen MR) is 191 cm³/mol. The van der Waals surface area contributed by atoms with Crippen molar-refractivity contribution in [3.8, 4) is 22.8 Å². The fraction of sp³-hybridized carbons (Fsp3) is 0.436. The molecule has 2 aliphatic heterocycles. The molecule has 3 heterocycles. The monoisotopic (exact) mass is 712 g/mol. The van der Waals surface area contributed by atoms with Crippen molar-refractivity contribution in [3.05, 3.63) is 66.7 Å². The van der Waals surface area contributed by atoms with Crippen LogP contribution in [0.5, 0.6) is 11.5 Å². The average molecular weight is 713 g/mol. The molecule has 1 aromatic heterocycles. The second-order valence-corrected chi connectivity index (χ2v) is 14.6. The highest BCUT2D eigenvalue weighted by Gasteiger charge is 2.61. The predicted octanol–water partition coefficient (Wildman–Crippen LogP) is 4.81. The maximum absolute atomic E-state index is 14.4. The van der Waals surface area contributed by atoms with Crippen LogP contribution in [0.3, 0.4) is 0 Å². The number of carboxylic acids is 1. The Morgan fingerprint density at radius 2 is 1.83 bits per heavy atom. The molecule has 0 radical (unpaired) electrons. The summed E-state index contributed by atoms with van der Waals surface area (Å²) in [7, 11) is 1.57. The zero-order valence-corrected chi connectivity index (χ0v) is 29.7. The maximum atomic E-state index is 14.4. The standard InChI is InChI=1S/C39H44N4O9/c1-38(2,3)52-37(49)41-29-17-14-25(44)13-9-8-12-24-21-39(24,36(47)48)42-34(45)32-19-27(22-43(32)35(29)46)51-33-20-30(23-10-6-5-7-11-23)40-31-18-26(50-4)15-16-28(31)33/h5-8,10-12,15-16,18,20,24,27,29,32H,9,13-14,17,19,21-22H2,1-4H3,(H,41,49)(H,42,45)(H,47,48)/b12-8-/t24?,27?,29-,32-,39+/m0/s1. The van der Waals surface area contributed by atoms with Crippen LogP contribution in [0.15, 0.2) is 66.7 Å². The van der Waals surface area contributed by atoms with Gasteiger partial charge in [0.1, 0.15) is 46.6 Å². The molecule has 52 heavy (non-hydrogen) atoms. The van der Waals surface area contributed by atoms with E-state index in [9.17, 15) is 29.1 Å². The lowest BCUT2D eigenvalue weighted by molar-refractivity contribution is -0.145. The number of Topliss-reactive ketones (excluding diaryl/α,β-unsaturated/α-hetero) is 1. The zero-order chi connectivity index (χ0) is 37.2. The Morgan fingerprint density at radius 3 is 2.54 bits per heavy atom. The van der Waals surface area contributed by atoms with Crippen LogP contribution < -0.4 is 20.1 Å². The molecule has 2 aromatic carbocycles. The summed E-state index contributed by atoms with van der Waals surface area (Å²) in [4.78, 5) is 72.9. The minimum Gasteiger partial charge on any atom is -0.497 e. The van der Waals surface area contributed by atoms with Gasteiger partial charge in [-0.2, -0.15) is 0 Å². The van der Waals surface area contributed by atoms with Crippen molar-refractivity contribution in [1.82, 2.24) is 20.5 Å². The SMILES string of the molecule is COc1ccc2c(OC3C[C@H]4C(=O)N[C@]5(C(=O)O)CC5/C=C\CCC(=O)CC[C@H](NC(=O)OC(C)(C)C)C(=O)N4C3)cc(-c3ccccc3)nc2c1. The van der Waals surface area contributed by atoms with E-state index < -0.39 is 59.1 Å². The second-order valence-electron chi connectivity index (χ2n) is 14.6. The van der Waals surface area contributed by atoms with Crippen LogP contribution in [0, 0.1) is 5.92 Å². The summed E-state index contributed by atoms with van der Waals surface area (Å²) in [5.41, 5.74) is -0.292. The fourth-order valence-electron chi connectivity index (χ4n) is 6.82. The van der Waals surface area contributed by atoms with Gasteiger partial charge >= 0.3 is 12.1 Å². The molecule has 3 aliphatic rings. The van der Waals surface area contributed by atoms with Gasteiger partial charge in [-0.15, -0.1) is 0 Å². The number of carbonyl (C=O) groups is 5. The van der Waals surface area contributed by atoms with Crippen molar-refractivity contribution in [2.75, 3.05) is 13.7 Å². The number of methoxy groups -OCH3 is 1. The van der Waals surface area contributed by atoms with E-state index in [-0.39, 0.29) is 44.4 Å². The van der Waals surface area contributed by atoms with Crippen LogP contribution >= 0.6 is 0 Å². The number of hydrogen-bond donors (Lipinski definition) is 3. The first-order chi connectivity index (χ1) is 24.8. The zero-order valence-electron chi connectivity index (χ0n) is 29.7. The van der Waals surface area contributed by atoms with Gasteiger partial charge in [-0.25, -0.2) is 14.6 Å². The van der Waals surface area contributed by atoms with E-state index in [1.807, 2.05) is 36.4 Å². The first-order valence-electron chi connectivity index (χ1n) is 17.5. The maximum Gasteiger partial charge on any atom is 0.408 e. The summed E-state index contributed by atoms with van der Waals surface area (Å²) in [5, 5.41) is 16.2. The Balaban J connectivity index is 1.36. The highest BCUT2D eigenvalue weighted by atomic mass is 16.6. The molecule has 13 nitrogen and oxygen atoms in total. The van der Waals surface area contributed by atoms with Crippen molar-refractivity contribution in [2.45, 2.75) is 88.6 Å². The van der Waals surface area contributed by atoms with Gasteiger partial charge in [0.05, 0.1) is 24.9 Å². The highest BCUT2D eigenvalue weighted by Crippen LogP contribution is 2.45. The number of rotatable bonds is 6. The minimum atomic E-state index is -1.54. The van der Waals surface area contributed by atoms with E-state index in [0.717, 1.165) is 5.56 Å². The molecule has 1 saturated carbocycles. The third kappa shape index (κ3) is 8.03. The van der Waals surface area contributed by atoms with Crippen LogP contribution in [0.4, 0.5) is 4.79 Å². The number of ether oxygens (including phenoxy) is 3. The summed E-state index contributed by atoms with van der Waals surface area (Å²) >= 11 is 0. The Bertz CT molecular complexity index is 1910. The van der Waals surface area contributed by atoms with Crippen molar-refractivity contribution in [3.63, 3.8) is 0 Å². The Morgan fingerprint density at radius 1 is 1.06 bits per heavy atom. The number of hydrogen-bond acceptors (Lipinski definition) is 9. The van der Waals surface area contributed by atoms with Crippen molar-refractivity contribution < 1.29 is 43.3 Å². The number of fused-ring (bicyclic) bond motifs is 3. The van der Waals surface area contributed by atoms with Crippen LogP contribution in [0.25, 0.3) is 22.2 Å². The van der Waals surface area contributed by atoms with Gasteiger partial charge in [-0.1, -0.05) is 42.5 Å². The number of aliphatic carboxylic acids is 1. The Hall–Kier alpha value is -5.46. The number of ketones is 1. The third-order valence-electron chi connectivity index (χ3n) is 9.59. The Kier molecular flexibility index (Phi) is 10.2. The van der Waals surface area contributed by atoms with E-state index in [0.29, 0.717) is 34.5 Å². The molecule has 6 rings (SSSR count). The van der Waals surface area contributed by atoms with Crippen molar-refractivity contribution in [2.24, 2.45) is 5.92 Å². The molecule has 3 amide bonds. The number of alkyl carbamates (subject to hydrolysis) is 1. The number of carboxylic acid groups (broad SMARTS) is 1. The molecule has 2 unspecified atom stereocenters. The molecule has 3 N–H and O–H groups in total. The molecular formula is C39H44N4O9. The number of carbonyl (C=O) groups excluding carboxylic acids is 4. The molecular weight excluding hydrogens is 668 g/mol. The van der Waals surface area contributed by atoms with Gasteiger partial charge in [0.15, 0.2) is 0 Å². The van der Waals surface area contributed by atoms with Crippen molar-refractivity contribution >= 4 is 40.6 Å². The molecule has 274 valence electrons. The first-order valence-corrected chi connectivity index (χ1v) is 17.5. The normalized spacial score (nSPS) is 25.8. The van der Waals surface area contributed by atoms with Crippen LogP contribution in [-0.4, -0.2) is 87.6 Å². The first kappa shape index (κ1) is 36.3. The number of allylic oxidation sites excluding steroid dienone is 1. The topological polar surface area (TPSA) is 173 Å². The molecule has 13 heteroatoms. The number of nitrogens with one attached hydrogen (secondary N) is 2. The second kappa shape index (κ2) is 14.6. The van der Waals surface area contributed by atoms with Gasteiger partial charge in [0.25, 0.3) is 0 Å². The van der Waals surface area contributed by atoms with Gasteiger partial charge in [0, 0.05) is 48.3 Å². The minimum absolute atomic E-state index is 0.00188. The summed E-state index contributed by atoms with van der Waals surface area (Å²) in [6.45, 7) is 5.02. The quantitative estimate of drug-likeness (QED) is 0.301. The average Bonchev–Trinajstić information content (AvgIpc) is 3.64. The van der Waals surface area contributed by atoms with E-state index in [1.165, 1.54) is 4.90 Å². The van der Waals surface area contributed by atoms with E-state index >= 15 is 0 Å². The van der Waals surface area contributed by atoms with E-state index in [1.54, 1.807) is 58.2 Å². The highest BCUT2D eigenvalue weighted by molar-refractivity contribution is 5.96. The molecule has 3 aromatic rings. The molecule has 5 atom stereocenters.